The highest BCUT2D eigenvalue weighted by atomic mass is 79.9. The van der Waals surface area contributed by atoms with Crippen molar-refractivity contribution in [2.45, 2.75) is 53.5 Å². The first-order chi connectivity index (χ1) is 7.92. The minimum absolute atomic E-state index is 0.292. The van der Waals surface area contributed by atoms with E-state index in [0.29, 0.717) is 11.5 Å². The smallest absolute Gasteiger partial charge is 0.0704 e. The SMILES string of the molecule is CCCNC(c1cc(Br)sc1C)C(C)(C)CC. The van der Waals surface area contributed by atoms with Crippen LogP contribution in [0.3, 0.4) is 0 Å². The van der Waals surface area contributed by atoms with Crippen molar-refractivity contribution in [1.82, 2.24) is 5.32 Å². The van der Waals surface area contributed by atoms with Gasteiger partial charge >= 0.3 is 0 Å². The molecular formula is C14H24BrNS. The van der Waals surface area contributed by atoms with Crippen LogP contribution in [0.4, 0.5) is 0 Å². The van der Waals surface area contributed by atoms with Crippen LogP contribution in [0.1, 0.15) is 57.0 Å². The first-order valence-corrected chi connectivity index (χ1v) is 8.02. The molecule has 0 saturated heterocycles. The summed E-state index contributed by atoms with van der Waals surface area (Å²) < 4.78 is 1.24. The summed E-state index contributed by atoms with van der Waals surface area (Å²) in [6, 6.07) is 2.74. The molecule has 1 atom stereocenters. The standard InChI is InChI=1S/C14H24BrNS/c1-6-8-16-13(14(4,5)7-2)11-9-12(15)17-10(11)3/h9,13,16H,6-8H2,1-5H3. The van der Waals surface area contributed by atoms with Gasteiger partial charge in [-0.05, 0) is 59.3 Å². The second-order valence-electron chi connectivity index (χ2n) is 5.29. The number of nitrogens with one attached hydrogen (secondary N) is 1. The monoisotopic (exact) mass is 317 g/mol. The van der Waals surface area contributed by atoms with Crippen LogP contribution >= 0.6 is 27.3 Å². The second kappa shape index (κ2) is 6.35. The van der Waals surface area contributed by atoms with Gasteiger partial charge in [0.1, 0.15) is 0 Å². The van der Waals surface area contributed by atoms with Gasteiger partial charge in [0.25, 0.3) is 0 Å². The molecule has 1 aromatic rings. The fraction of sp³-hybridized carbons (Fsp3) is 0.714. The summed E-state index contributed by atoms with van der Waals surface area (Å²) in [6.07, 6.45) is 2.36. The molecule has 1 aromatic heterocycles. The number of aryl methyl sites for hydroxylation is 1. The third-order valence-corrected chi connectivity index (χ3v) is 5.10. The Labute approximate surface area is 118 Å². The van der Waals surface area contributed by atoms with Crippen molar-refractivity contribution in [1.29, 1.82) is 0 Å². The van der Waals surface area contributed by atoms with Crippen LogP contribution in [0.15, 0.2) is 9.85 Å². The number of hydrogen-bond acceptors (Lipinski definition) is 2. The predicted octanol–water partition coefficient (Wildman–Crippen LogP) is 5.30. The van der Waals surface area contributed by atoms with Crippen molar-refractivity contribution in [3.63, 3.8) is 0 Å². The van der Waals surface area contributed by atoms with Gasteiger partial charge in [0.2, 0.25) is 0 Å². The van der Waals surface area contributed by atoms with Crippen LogP contribution in [0, 0.1) is 12.3 Å². The molecule has 98 valence electrons. The van der Waals surface area contributed by atoms with E-state index in [2.05, 4.69) is 61.9 Å². The van der Waals surface area contributed by atoms with Crippen LogP contribution in [0.25, 0.3) is 0 Å². The fourth-order valence-corrected chi connectivity index (χ4v) is 3.79. The quantitative estimate of drug-likeness (QED) is 0.751. The van der Waals surface area contributed by atoms with Gasteiger partial charge in [-0.2, -0.15) is 0 Å². The average molecular weight is 318 g/mol. The van der Waals surface area contributed by atoms with E-state index in [1.165, 1.54) is 27.1 Å². The highest BCUT2D eigenvalue weighted by Gasteiger charge is 2.30. The molecule has 1 rings (SSSR count). The maximum atomic E-state index is 3.72. The van der Waals surface area contributed by atoms with Gasteiger partial charge in [-0.15, -0.1) is 11.3 Å². The maximum absolute atomic E-state index is 3.72. The molecule has 0 aliphatic rings. The largest absolute Gasteiger partial charge is 0.309 e. The number of halogens is 1. The molecule has 0 aliphatic heterocycles. The molecular weight excluding hydrogens is 294 g/mol. The Hall–Kier alpha value is 0.140. The van der Waals surface area contributed by atoms with Crippen molar-refractivity contribution in [2.24, 2.45) is 5.41 Å². The van der Waals surface area contributed by atoms with Gasteiger partial charge in [-0.3, -0.25) is 0 Å². The normalized spacial score (nSPS) is 14.0. The van der Waals surface area contributed by atoms with E-state index >= 15 is 0 Å². The Balaban J connectivity index is 3.01. The van der Waals surface area contributed by atoms with E-state index in [1.54, 1.807) is 0 Å². The van der Waals surface area contributed by atoms with E-state index in [4.69, 9.17) is 0 Å². The third-order valence-electron chi connectivity index (χ3n) is 3.53. The molecule has 0 radical (unpaired) electrons. The lowest BCUT2D eigenvalue weighted by atomic mass is 9.78. The molecule has 1 nitrogen and oxygen atoms in total. The molecule has 1 heterocycles. The lowest BCUT2D eigenvalue weighted by molar-refractivity contribution is 0.234. The highest BCUT2D eigenvalue weighted by Crippen LogP contribution is 2.41. The van der Waals surface area contributed by atoms with Crippen molar-refractivity contribution < 1.29 is 0 Å². The van der Waals surface area contributed by atoms with Crippen molar-refractivity contribution >= 4 is 27.3 Å². The summed E-state index contributed by atoms with van der Waals surface area (Å²) in [4.78, 5) is 1.42. The molecule has 3 heteroatoms. The summed E-state index contributed by atoms with van der Waals surface area (Å²) in [6.45, 7) is 12.5. The predicted molar refractivity (Wildman–Crippen MR) is 81.9 cm³/mol. The summed E-state index contributed by atoms with van der Waals surface area (Å²) in [5.74, 6) is 0. The van der Waals surface area contributed by atoms with Gasteiger partial charge in [0, 0.05) is 10.9 Å². The molecule has 1 N–H and O–H groups in total. The van der Waals surface area contributed by atoms with Crippen molar-refractivity contribution in [3.8, 4) is 0 Å². The van der Waals surface area contributed by atoms with E-state index in [1.807, 2.05) is 11.3 Å². The topological polar surface area (TPSA) is 12.0 Å². The van der Waals surface area contributed by atoms with Gasteiger partial charge in [-0.1, -0.05) is 27.7 Å². The van der Waals surface area contributed by atoms with Crippen LogP contribution in [-0.2, 0) is 0 Å². The maximum Gasteiger partial charge on any atom is 0.0704 e. The molecule has 17 heavy (non-hydrogen) atoms. The summed E-state index contributed by atoms with van der Waals surface area (Å²) in [5, 5.41) is 3.72. The van der Waals surface area contributed by atoms with Gasteiger partial charge < -0.3 is 5.32 Å². The van der Waals surface area contributed by atoms with E-state index in [0.717, 1.165) is 6.54 Å². The Kier molecular flexibility index (Phi) is 5.68. The van der Waals surface area contributed by atoms with Crippen LogP contribution in [0.5, 0.6) is 0 Å². The molecule has 1 unspecified atom stereocenters. The first-order valence-electron chi connectivity index (χ1n) is 6.41. The fourth-order valence-electron chi connectivity index (χ4n) is 2.05. The second-order valence-corrected chi connectivity index (χ2v) is 7.93. The minimum Gasteiger partial charge on any atom is -0.309 e. The van der Waals surface area contributed by atoms with Gasteiger partial charge in [-0.25, -0.2) is 0 Å². The molecule has 0 aromatic carbocycles. The summed E-state index contributed by atoms with van der Waals surface area (Å²) >= 11 is 5.43. The molecule has 0 bridgehead atoms. The molecule has 0 spiro atoms. The summed E-state index contributed by atoms with van der Waals surface area (Å²) in [7, 11) is 0. The van der Waals surface area contributed by atoms with E-state index in [9.17, 15) is 0 Å². The minimum atomic E-state index is 0.292. The Morgan fingerprint density at radius 3 is 2.47 bits per heavy atom. The number of thiophene rings is 1. The van der Waals surface area contributed by atoms with Crippen molar-refractivity contribution in [3.05, 3.63) is 20.3 Å². The highest BCUT2D eigenvalue weighted by molar-refractivity contribution is 9.11. The van der Waals surface area contributed by atoms with Crippen LogP contribution in [0.2, 0.25) is 0 Å². The lowest BCUT2D eigenvalue weighted by Crippen LogP contribution is -2.34. The first kappa shape index (κ1) is 15.2. The molecule has 0 amide bonds. The zero-order valence-electron chi connectivity index (χ0n) is 11.6. The molecule has 0 fully saturated rings. The average Bonchev–Trinajstić information content (AvgIpc) is 2.58. The zero-order valence-corrected chi connectivity index (χ0v) is 14.0. The third kappa shape index (κ3) is 3.80. The van der Waals surface area contributed by atoms with Crippen LogP contribution < -0.4 is 5.32 Å². The van der Waals surface area contributed by atoms with Gasteiger partial charge in [0.05, 0.1) is 3.79 Å². The number of rotatable bonds is 6. The van der Waals surface area contributed by atoms with Crippen molar-refractivity contribution in [2.75, 3.05) is 6.54 Å². The Morgan fingerprint density at radius 2 is 2.06 bits per heavy atom. The molecule has 0 aliphatic carbocycles. The Bertz CT molecular complexity index is 357. The van der Waals surface area contributed by atoms with Gasteiger partial charge in [0.15, 0.2) is 0 Å². The molecule has 0 saturated carbocycles. The summed E-state index contributed by atoms with van der Waals surface area (Å²) in [5.41, 5.74) is 1.75. The Morgan fingerprint density at radius 1 is 1.41 bits per heavy atom. The van der Waals surface area contributed by atoms with E-state index in [-0.39, 0.29) is 0 Å². The van der Waals surface area contributed by atoms with Crippen LogP contribution in [-0.4, -0.2) is 6.54 Å². The zero-order chi connectivity index (χ0) is 13.1. The van der Waals surface area contributed by atoms with E-state index < -0.39 is 0 Å². The lowest BCUT2D eigenvalue weighted by Gasteiger charge is -2.34. The number of hydrogen-bond donors (Lipinski definition) is 1.